The van der Waals surface area contributed by atoms with Gasteiger partial charge in [-0.3, -0.25) is 4.79 Å². The van der Waals surface area contributed by atoms with Crippen LogP contribution in [0.4, 0.5) is 18.0 Å². The van der Waals surface area contributed by atoms with E-state index in [1.165, 1.54) is 16.8 Å². The highest BCUT2D eigenvalue weighted by molar-refractivity contribution is 6.07. The minimum atomic E-state index is -4.63. The molecular weight excluding hydrogens is 413 g/mol. The van der Waals surface area contributed by atoms with Crippen LogP contribution in [-0.4, -0.2) is 57.2 Å². The summed E-state index contributed by atoms with van der Waals surface area (Å²) < 4.78 is 37.7. The monoisotopic (exact) mass is 434 g/mol. The Morgan fingerprint density at radius 2 is 1.81 bits per heavy atom. The van der Waals surface area contributed by atoms with Crippen LogP contribution in [-0.2, 0) is 17.5 Å². The minimum absolute atomic E-state index is 0.0733. The highest BCUT2D eigenvalue weighted by atomic mass is 19.4. The molecule has 11 heteroatoms. The highest BCUT2D eigenvalue weighted by Gasteiger charge is 2.35. The lowest BCUT2D eigenvalue weighted by Crippen LogP contribution is -2.45. The van der Waals surface area contributed by atoms with Crippen LogP contribution in [0.25, 0.3) is 0 Å². The number of aryl methyl sites for hydroxylation is 1. The van der Waals surface area contributed by atoms with Crippen molar-refractivity contribution in [2.75, 3.05) is 13.6 Å². The molecule has 0 saturated heterocycles. The molecule has 0 bridgehead atoms. The summed E-state index contributed by atoms with van der Waals surface area (Å²) in [5.41, 5.74) is 2.73. The van der Waals surface area contributed by atoms with Crippen molar-refractivity contribution in [1.29, 1.82) is 0 Å². The standard InChI is InChI=1S/C20H21F3N6O2/c1-12-4-6-15(7-5-12)17-16(28(3)13(2)30)11-29(27-17)19(31)26-10-14-8-24-18(25-9-14)20(21,22)23/h4-9,16H,10-11H2,1-3H3,(H,26,31). The third-order valence-electron chi connectivity index (χ3n) is 4.84. The first-order valence-electron chi connectivity index (χ1n) is 9.38. The second-order valence-corrected chi connectivity index (χ2v) is 7.15. The molecule has 3 amide bonds. The molecule has 2 aromatic rings. The van der Waals surface area contributed by atoms with E-state index in [9.17, 15) is 22.8 Å². The maximum Gasteiger partial charge on any atom is 0.451 e. The van der Waals surface area contributed by atoms with E-state index in [4.69, 9.17) is 0 Å². The van der Waals surface area contributed by atoms with Gasteiger partial charge in [0.1, 0.15) is 0 Å². The molecule has 2 heterocycles. The quantitative estimate of drug-likeness (QED) is 0.801. The maximum atomic E-state index is 12.6. The van der Waals surface area contributed by atoms with Crippen LogP contribution in [0.5, 0.6) is 0 Å². The van der Waals surface area contributed by atoms with E-state index in [2.05, 4.69) is 20.4 Å². The number of carbonyl (C=O) groups is 2. The fourth-order valence-electron chi connectivity index (χ4n) is 2.98. The molecule has 1 aromatic carbocycles. The van der Waals surface area contributed by atoms with Crippen molar-refractivity contribution in [2.45, 2.75) is 32.6 Å². The molecular formula is C20H21F3N6O2. The molecule has 31 heavy (non-hydrogen) atoms. The van der Waals surface area contributed by atoms with Crippen molar-refractivity contribution >= 4 is 17.6 Å². The number of nitrogens with one attached hydrogen (secondary N) is 1. The summed E-state index contributed by atoms with van der Waals surface area (Å²) >= 11 is 0. The number of carbonyl (C=O) groups excluding carboxylic acids is 2. The summed E-state index contributed by atoms with van der Waals surface area (Å²) in [6, 6.07) is 6.59. The van der Waals surface area contributed by atoms with Crippen molar-refractivity contribution in [3.8, 4) is 0 Å². The lowest BCUT2D eigenvalue weighted by atomic mass is 10.0. The molecule has 1 aromatic heterocycles. The van der Waals surface area contributed by atoms with Crippen LogP contribution in [0, 0.1) is 6.92 Å². The Balaban J connectivity index is 1.73. The average molecular weight is 434 g/mol. The highest BCUT2D eigenvalue weighted by Crippen LogP contribution is 2.25. The Bertz CT molecular complexity index is 989. The first-order chi connectivity index (χ1) is 14.6. The molecule has 8 nitrogen and oxygen atoms in total. The van der Waals surface area contributed by atoms with E-state index in [1.54, 1.807) is 7.05 Å². The van der Waals surface area contributed by atoms with Crippen LogP contribution in [0.1, 0.15) is 29.4 Å². The Morgan fingerprint density at radius 1 is 1.19 bits per heavy atom. The Labute approximate surface area is 176 Å². The van der Waals surface area contributed by atoms with Crippen molar-refractivity contribution in [1.82, 2.24) is 25.2 Å². The van der Waals surface area contributed by atoms with Crippen molar-refractivity contribution in [3.05, 3.63) is 59.2 Å². The fraction of sp³-hybridized carbons (Fsp3) is 0.350. The summed E-state index contributed by atoms with van der Waals surface area (Å²) in [4.78, 5) is 32.5. The summed E-state index contributed by atoms with van der Waals surface area (Å²) in [5.74, 6) is -1.42. The molecule has 0 radical (unpaired) electrons. The van der Waals surface area contributed by atoms with E-state index in [0.717, 1.165) is 23.5 Å². The van der Waals surface area contributed by atoms with E-state index < -0.39 is 24.1 Å². The van der Waals surface area contributed by atoms with Gasteiger partial charge in [-0.15, -0.1) is 0 Å². The largest absolute Gasteiger partial charge is 0.451 e. The van der Waals surface area contributed by atoms with E-state index in [1.807, 2.05) is 31.2 Å². The summed E-state index contributed by atoms with van der Waals surface area (Å²) in [6.07, 6.45) is -2.61. The second-order valence-electron chi connectivity index (χ2n) is 7.15. The lowest BCUT2D eigenvalue weighted by molar-refractivity contribution is -0.145. The van der Waals surface area contributed by atoms with E-state index in [0.29, 0.717) is 11.3 Å². The van der Waals surface area contributed by atoms with Gasteiger partial charge in [-0.25, -0.2) is 19.8 Å². The third kappa shape index (κ3) is 5.16. The van der Waals surface area contributed by atoms with E-state index in [-0.39, 0.29) is 19.0 Å². The molecule has 1 N–H and O–H groups in total. The smallest absolute Gasteiger partial charge is 0.335 e. The molecule has 0 aliphatic carbocycles. The Morgan fingerprint density at radius 3 is 2.35 bits per heavy atom. The number of halogens is 3. The van der Waals surface area contributed by atoms with Crippen LogP contribution in [0.15, 0.2) is 41.8 Å². The molecule has 3 rings (SSSR count). The number of benzene rings is 1. The van der Waals surface area contributed by atoms with Crippen molar-refractivity contribution < 1.29 is 22.8 Å². The number of likely N-dealkylation sites (N-methyl/N-ethyl adjacent to an activating group) is 1. The van der Waals surface area contributed by atoms with Gasteiger partial charge in [-0.05, 0) is 12.5 Å². The molecule has 1 atom stereocenters. The summed E-state index contributed by atoms with van der Waals surface area (Å²) in [5, 5.41) is 8.18. The van der Waals surface area contributed by atoms with Crippen molar-refractivity contribution in [2.24, 2.45) is 5.10 Å². The average Bonchev–Trinajstić information content (AvgIpc) is 3.17. The van der Waals surface area contributed by atoms with Crippen molar-refractivity contribution in [3.63, 3.8) is 0 Å². The van der Waals surface area contributed by atoms with Gasteiger partial charge in [0.2, 0.25) is 11.7 Å². The van der Waals surface area contributed by atoms with Crippen LogP contribution < -0.4 is 5.32 Å². The van der Waals surface area contributed by atoms with Gasteiger partial charge < -0.3 is 10.2 Å². The summed E-state index contributed by atoms with van der Waals surface area (Å²) in [7, 11) is 1.64. The zero-order chi connectivity index (χ0) is 22.8. The van der Waals surface area contributed by atoms with Gasteiger partial charge >= 0.3 is 12.2 Å². The predicted octanol–water partition coefficient (Wildman–Crippen LogP) is 2.58. The predicted molar refractivity (Wildman–Crippen MR) is 106 cm³/mol. The van der Waals surface area contributed by atoms with Gasteiger partial charge in [0.25, 0.3) is 0 Å². The van der Waals surface area contributed by atoms with Gasteiger partial charge in [-0.1, -0.05) is 29.8 Å². The van der Waals surface area contributed by atoms with Crippen LogP contribution in [0.2, 0.25) is 0 Å². The second kappa shape index (κ2) is 8.70. The Kier molecular flexibility index (Phi) is 6.23. The number of hydrogen-bond acceptors (Lipinski definition) is 5. The molecule has 0 spiro atoms. The number of rotatable bonds is 4. The minimum Gasteiger partial charge on any atom is -0.335 e. The first-order valence-corrected chi connectivity index (χ1v) is 9.38. The van der Waals surface area contributed by atoms with Gasteiger partial charge in [-0.2, -0.15) is 18.3 Å². The third-order valence-corrected chi connectivity index (χ3v) is 4.84. The molecule has 164 valence electrons. The number of urea groups is 1. The molecule has 0 saturated carbocycles. The number of aromatic nitrogens is 2. The summed E-state index contributed by atoms with van der Waals surface area (Å²) in [6.45, 7) is 3.45. The zero-order valence-corrected chi connectivity index (χ0v) is 17.1. The Hall–Kier alpha value is -3.50. The molecule has 1 unspecified atom stereocenters. The topological polar surface area (TPSA) is 90.8 Å². The maximum absolute atomic E-state index is 12.6. The number of nitrogens with zero attached hydrogens (tertiary/aromatic N) is 5. The van der Waals surface area contributed by atoms with Gasteiger partial charge in [0, 0.05) is 38.5 Å². The van der Waals surface area contributed by atoms with Crippen LogP contribution in [0.3, 0.4) is 0 Å². The zero-order valence-electron chi connectivity index (χ0n) is 17.1. The first kappa shape index (κ1) is 22.2. The SMILES string of the molecule is CC(=O)N(C)C1CN(C(=O)NCc2cnc(C(F)(F)F)nc2)N=C1c1ccc(C)cc1. The number of amides is 3. The normalized spacial score (nSPS) is 16.1. The molecule has 0 fully saturated rings. The number of hydrazone groups is 1. The molecule has 1 aliphatic heterocycles. The molecule has 1 aliphatic rings. The fourth-order valence-corrected chi connectivity index (χ4v) is 2.98. The van der Waals surface area contributed by atoms with E-state index >= 15 is 0 Å². The lowest BCUT2D eigenvalue weighted by Gasteiger charge is -2.24. The number of alkyl halides is 3. The van der Waals surface area contributed by atoms with Crippen LogP contribution >= 0.6 is 0 Å². The van der Waals surface area contributed by atoms with Gasteiger partial charge in [0.05, 0.1) is 18.3 Å². The van der Waals surface area contributed by atoms with Gasteiger partial charge in [0.15, 0.2) is 0 Å². The number of hydrogen-bond donors (Lipinski definition) is 1.